The topological polar surface area (TPSA) is 213 Å². The molecule has 0 spiro atoms. The van der Waals surface area contributed by atoms with E-state index in [1.807, 2.05) is 12.1 Å². The third-order valence-corrected chi connectivity index (χ3v) is 10.3. The van der Waals surface area contributed by atoms with Gasteiger partial charge >= 0.3 is 7.82 Å². The number of aromatic nitrogens is 3. The summed E-state index contributed by atoms with van der Waals surface area (Å²) in [4.78, 5) is 14.4. The summed E-state index contributed by atoms with van der Waals surface area (Å²) in [5.41, 5.74) is 7.20. The molecule has 55 heavy (non-hydrogen) atoms. The van der Waals surface area contributed by atoms with Crippen LogP contribution in [0.1, 0.15) is 121 Å². The Bertz CT molecular complexity index is 1560. The van der Waals surface area contributed by atoms with E-state index in [2.05, 4.69) is 17.0 Å². The Morgan fingerprint density at radius 1 is 0.855 bits per heavy atom. The summed E-state index contributed by atoms with van der Waals surface area (Å²) in [6, 6.07) is 10.3. The molecule has 2 heterocycles. The molecular formula is C39H62N5O10P. The molecule has 0 radical (unpaired) electrons. The summed E-state index contributed by atoms with van der Waals surface area (Å²) in [5.74, 6) is 0.849. The predicted molar refractivity (Wildman–Crippen MR) is 208 cm³/mol. The van der Waals surface area contributed by atoms with Crippen molar-refractivity contribution in [1.29, 1.82) is 5.26 Å². The second-order valence-electron chi connectivity index (χ2n) is 13.7. The maximum Gasteiger partial charge on any atom is 0.472 e. The fraction of sp³-hybridized carbons (Fsp3) is 0.667. The highest BCUT2D eigenvalue weighted by atomic mass is 31.2. The van der Waals surface area contributed by atoms with Crippen LogP contribution in [-0.2, 0) is 34.4 Å². The summed E-state index contributed by atoms with van der Waals surface area (Å²) in [6.45, 7) is 1.94. The van der Waals surface area contributed by atoms with Gasteiger partial charge in [-0.2, -0.15) is 10.4 Å². The normalized spacial score (nSPS) is 14.9. The number of nitriles is 1. The first kappa shape index (κ1) is 46.1. The first-order valence-corrected chi connectivity index (χ1v) is 21.1. The van der Waals surface area contributed by atoms with Crippen LogP contribution in [0.15, 0.2) is 42.7 Å². The molecule has 2 aromatic heterocycles. The van der Waals surface area contributed by atoms with Gasteiger partial charge in [0.2, 0.25) is 0 Å². The summed E-state index contributed by atoms with van der Waals surface area (Å²) in [5, 5.41) is 34.9. The molecular weight excluding hydrogens is 729 g/mol. The number of nitrogen functional groups attached to an aromatic ring is 1. The number of aliphatic hydroxyl groups excluding tert-OH is 2. The van der Waals surface area contributed by atoms with E-state index < -0.39 is 38.8 Å². The Morgan fingerprint density at radius 3 is 2.05 bits per heavy atom. The van der Waals surface area contributed by atoms with Crippen LogP contribution in [0.4, 0.5) is 5.82 Å². The lowest BCUT2D eigenvalue weighted by Gasteiger charge is -2.25. The highest BCUT2D eigenvalue weighted by molar-refractivity contribution is 7.47. The lowest BCUT2D eigenvalue weighted by molar-refractivity contribution is -0.0821. The van der Waals surface area contributed by atoms with E-state index in [1.54, 1.807) is 25.3 Å². The van der Waals surface area contributed by atoms with Gasteiger partial charge in [-0.3, -0.25) is 9.05 Å². The molecule has 3 rings (SSSR count). The molecule has 15 nitrogen and oxygen atoms in total. The number of anilines is 1. The van der Waals surface area contributed by atoms with Crippen LogP contribution in [0.2, 0.25) is 0 Å². The van der Waals surface area contributed by atoms with Gasteiger partial charge in [-0.15, -0.1) is 0 Å². The van der Waals surface area contributed by atoms with Crippen LogP contribution in [0.3, 0.4) is 0 Å². The molecule has 0 saturated carbocycles. The van der Waals surface area contributed by atoms with E-state index in [-0.39, 0.29) is 31.3 Å². The molecule has 5 N–H and O–H groups in total. The largest absolute Gasteiger partial charge is 0.497 e. The second kappa shape index (κ2) is 26.5. The highest BCUT2D eigenvalue weighted by Gasteiger charge is 2.35. The first-order valence-electron chi connectivity index (χ1n) is 19.6. The maximum absolute atomic E-state index is 12.9. The lowest BCUT2D eigenvalue weighted by Crippen LogP contribution is -2.37. The second-order valence-corrected chi connectivity index (χ2v) is 15.2. The molecule has 308 valence electrons. The Kier molecular flexibility index (Phi) is 22.2. The number of phosphoric ester groups is 1. The van der Waals surface area contributed by atoms with Gasteiger partial charge in [0.15, 0.2) is 11.9 Å². The fourth-order valence-electron chi connectivity index (χ4n) is 6.10. The number of methoxy groups -OCH3 is 1. The van der Waals surface area contributed by atoms with Gasteiger partial charge in [0.1, 0.15) is 35.9 Å². The average Bonchev–Trinajstić information content (AvgIpc) is 3.63. The van der Waals surface area contributed by atoms with Gasteiger partial charge in [0, 0.05) is 6.61 Å². The quantitative estimate of drug-likeness (QED) is 0.0280. The van der Waals surface area contributed by atoms with Crippen molar-refractivity contribution in [3.63, 3.8) is 0 Å². The number of benzene rings is 1. The van der Waals surface area contributed by atoms with Crippen molar-refractivity contribution in [3.05, 3.63) is 54.0 Å². The van der Waals surface area contributed by atoms with Gasteiger partial charge in [-0.05, 0) is 36.2 Å². The van der Waals surface area contributed by atoms with Crippen LogP contribution < -0.4 is 10.5 Å². The summed E-state index contributed by atoms with van der Waals surface area (Å²) >= 11 is 0. The molecule has 1 unspecified atom stereocenters. The zero-order valence-corrected chi connectivity index (χ0v) is 33.4. The Labute approximate surface area is 325 Å². The van der Waals surface area contributed by atoms with Crippen LogP contribution in [0.5, 0.6) is 5.75 Å². The number of unbranched alkanes of at least 4 members (excludes halogenated alkanes) is 14. The van der Waals surface area contributed by atoms with Crippen molar-refractivity contribution < 1.29 is 47.7 Å². The van der Waals surface area contributed by atoms with Crippen LogP contribution in [0.25, 0.3) is 5.52 Å². The predicted octanol–water partition coefficient (Wildman–Crippen LogP) is 7.19. The van der Waals surface area contributed by atoms with E-state index in [1.165, 1.54) is 100 Å². The van der Waals surface area contributed by atoms with Crippen molar-refractivity contribution >= 4 is 19.2 Å². The van der Waals surface area contributed by atoms with Gasteiger partial charge < -0.3 is 39.8 Å². The van der Waals surface area contributed by atoms with Crippen molar-refractivity contribution in [2.75, 3.05) is 39.3 Å². The molecule has 0 amide bonds. The van der Waals surface area contributed by atoms with Gasteiger partial charge in [-0.1, -0.05) is 109 Å². The molecule has 0 fully saturated rings. The minimum atomic E-state index is -4.76. The number of nitrogens with two attached hydrogens (primary N) is 1. The monoisotopic (exact) mass is 791 g/mol. The van der Waals surface area contributed by atoms with Gasteiger partial charge in [0.05, 0.1) is 39.2 Å². The third-order valence-electron chi connectivity index (χ3n) is 9.39. The zero-order chi connectivity index (χ0) is 39.7. The molecule has 5 atom stereocenters. The Balaban J connectivity index is 1.41. The van der Waals surface area contributed by atoms with Crippen molar-refractivity contribution in [3.8, 4) is 12.0 Å². The molecule has 0 aliphatic rings. The average molecular weight is 792 g/mol. The SMILES string of the molecule is CCCCCCCCCCCCCCCCCOC[C@H](COP(=O)(O)OC[C@@H](OC#N)[C@@H](O)[C@@H](O)c1ccc2c(N)ncnn12)OCc1ccc(OC)cc1. The van der Waals surface area contributed by atoms with Crippen LogP contribution in [-0.4, -0.2) is 81.6 Å². The van der Waals surface area contributed by atoms with Gasteiger partial charge in [0.25, 0.3) is 6.26 Å². The number of nitrogens with zero attached hydrogens (tertiary/aromatic N) is 4. The van der Waals surface area contributed by atoms with E-state index in [0.29, 0.717) is 17.9 Å². The van der Waals surface area contributed by atoms with E-state index in [4.69, 9.17) is 33.7 Å². The number of ether oxygens (including phenoxy) is 4. The minimum absolute atomic E-state index is 0.110. The van der Waals surface area contributed by atoms with E-state index in [0.717, 1.165) is 24.8 Å². The zero-order valence-electron chi connectivity index (χ0n) is 32.5. The molecule has 0 aliphatic carbocycles. The van der Waals surface area contributed by atoms with E-state index >= 15 is 0 Å². The number of hydrogen-bond donors (Lipinski definition) is 4. The summed E-state index contributed by atoms with van der Waals surface area (Å²) < 4.78 is 46.5. The molecule has 0 aliphatic heterocycles. The van der Waals surface area contributed by atoms with Crippen molar-refractivity contribution in [2.24, 2.45) is 0 Å². The highest BCUT2D eigenvalue weighted by Crippen LogP contribution is 2.44. The third kappa shape index (κ3) is 17.6. The Morgan fingerprint density at radius 2 is 1.45 bits per heavy atom. The van der Waals surface area contributed by atoms with Crippen molar-refractivity contribution in [1.82, 2.24) is 14.6 Å². The number of phosphoric acid groups is 1. The lowest BCUT2D eigenvalue weighted by atomic mass is 10.0. The minimum Gasteiger partial charge on any atom is -0.497 e. The van der Waals surface area contributed by atoms with Crippen molar-refractivity contribution in [2.45, 2.75) is 134 Å². The number of rotatable bonds is 32. The fourth-order valence-corrected chi connectivity index (χ4v) is 6.86. The molecule has 16 heteroatoms. The summed E-state index contributed by atoms with van der Waals surface area (Å²) in [7, 11) is -3.18. The Hall–Kier alpha value is -3.32. The maximum atomic E-state index is 12.9. The van der Waals surface area contributed by atoms with E-state index in [9.17, 15) is 24.9 Å². The van der Waals surface area contributed by atoms with Crippen LogP contribution in [0, 0.1) is 11.5 Å². The number of aliphatic hydroxyl groups is 2. The van der Waals surface area contributed by atoms with Crippen LogP contribution >= 0.6 is 7.82 Å². The molecule has 3 aromatic rings. The number of hydrogen-bond acceptors (Lipinski definition) is 13. The number of fused-ring (bicyclic) bond motifs is 1. The molecule has 1 aromatic carbocycles. The molecule has 0 saturated heterocycles. The standard InChI is InChI=1S/C39H62N5O10P/c1-3-4-5-6-7-8-9-10-11-12-13-14-15-16-17-24-50-26-33(51-25-31-18-20-32(49-2)21-19-31)27-53-55(47,48)54-28-36(52-29-40)38(46)37(45)34-22-23-35-39(41)42-30-43-44(34)35/h18-23,30,33,36-38,45-46H,3-17,24-28H2,1-2H3,(H,47,48)(H2,41,42,43)/t33-,36-,37+,38-/m1/s1. The molecule has 0 bridgehead atoms. The van der Waals surface area contributed by atoms with Gasteiger partial charge in [-0.25, -0.2) is 14.1 Å². The smallest absolute Gasteiger partial charge is 0.472 e. The first-order chi connectivity index (χ1) is 26.7. The summed E-state index contributed by atoms with van der Waals surface area (Å²) in [6.07, 6.45) is 16.0.